The van der Waals surface area contributed by atoms with Gasteiger partial charge in [0.15, 0.2) is 5.79 Å². The molecule has 20 heavy (non-hydrogen) atoms. The smallest absolute Gasteiger partial charge is 0.170 e. The van der Waals surface area contributed by atoms with Crippen molar-refractivity contribution in [3.63, 3.8) is 0 Å². The van der Waals surface area contributed by atoms with E-state index in [0.717, 1.165) is 19.6 Å². The van der Waals surface area contributed by atoms with E-state index in [1.54, 1.807) is 0 Å². The Labute approximate surface area is 126 Å². The van der Waals surface area contributed by atoms with Crippen molar-refractivity contribution in [2.75, 3.05) is 13.2 Å². The van der Waals surface area contributed by atoms with Crippen molar-refractivity contribution in [3.05, 3.63) is 0 Å². The number of hydrogen-bond acceptors (Lipinski definition) is 2. The number of unbranched alkanes of at least 4 members (excludes halogenated alkanes) is 9. The molecule has 0 aromatic carbocycles. The monoisotopic (exact) mass is 284 g/mol. The predicted molar refractivity (Wildman–Crippen MR) is 85.9 cm³/mol. The standard InChI is InChI=1S/C18H36O2/c1-4-5-6-7-8-9-10-11-12-13-14-18(17(2)3)19-15-16-20-18/h17H,4-16H2,1-3H3. The Morgan fingerprint density at radius 1 is 0.750 bits per heavy atom. The lowest BCUT2D eigenvalue weighted by molar-refractivity contribution is -0.193. The number of ether oxygens (including phenoxy) is 2. The molecule has 0 aromatic rings. The highest BCUT2D eigenvalue weighted by atomic mass is 16.7. The molecular weight excluding hydrogens is 248 g/mol. The molecule has 0 aliphatic carbocycles. The lowest BCUT2D eigenvalue weighted by Crippen LogP contribution is -2.36. The first kappa shape index (κ1) is 18.0. The summed E-state index contributed by atoms with van der Waals surface area (Å²) >= 11 is 0. The average molecular weight is 284 g/mol. The van der Waals surface area contributed by atoms with E-state index in [4.69, 9.17) is 9.47 Å². The van der Waals surface area contributed by atoms with Gasteiger partial charge in [-0.2, -0.15) is 0 Å². The summed E-state index contributed by atoms with van der Waals surface area (Å²) in [4.78, 5) is 0. The molecule has 0 N–H and O–H groups in total. The van der Waals surface area contributed by atoms with Crippen LogP contribution in [0.3, 0.4) is 0 Å². The molecule has 0 aromatic heterocycles. The van der Waals surface area contributed by atoms with Gasteiger partial charge in [-0.1, -0.05) is 78.6 Å². The van der Waals surface area contributed by atoms with Crippen LogP contribution in [0, 0.1) is 5.92 Å². The topological polar surface area (TPSA) is 18.5 Å². The quantitative estimate of drug-likeness (QED) is 0.428. The first-order chi connectivity index (χ1) is 9.71. The fourth-order valence-corrected chi connectivity index (χ4v) is 3.10. The van der Waals surface area contributed by atoms with Crippen molar-refractivity contribution in [2.24, 2.45) is 5.92 Å². The predicted octanol–water partition coefficient (Wildman–Crippen LogP) is 5.70. The zero-order chi connectivity index (χ0) is 14.7. The van der Waals surface area contributed by atoms with Crippen LogP contribution in [0.25, 0.3) is 0 Å². The highest BCUT2D eigenvalue weighted by Gasteiger charge is 2.38. The largest absolute Gasteiger partial charge is 0.347 e. The maximum Gasteiger partial charge on any atom is 0.170 e. The van der Waals surface area contributed by atoms with Crippen molar-refractivity contribution >= 4 is 0 Å². The molecule has 2 nitrogen and oxygen atoms in total. The zero-order valence-corrected chi connectivity index (χ0v) is 14.1. The molecule has 1 heterocycles. The van der Waals surface area contributed by atoms with Gasteiger partial charge in [0.05, 0.1) is 13.2 Å². The molecule has 1 rings (SSSR count). The second-order valence-electron chi connectivity index (χ2n) is 6.60. The second kappa shape index (κ2) is 10.6. The van der Waals surface area contributed by atoms with Crippen molar-refractivity contribution < 1.29 is 9.47 Å². The summed E-state index contributed by atoms with van der Waals surface area (Å²) in [6, 6.07) is 0. The van der Waals surface area contributed by atoms with Crippen molar-refractivity contribution in [1.82, 2.24) is 0 Å². The molecular formula is C18H36O2. The van der Waals surface area contributed by atoms with E-state index in [9.17, 15) is 0 Å². The first-order valence-corrected chi connectivity index (χ1v) is 8.99. The molecule has 0 bridgehead atoms. The molecule has 0 unspecified atom stereocenters. The van der Waals surface area contributed by atoms with Gasteiger partial charge in [-0.05, 0) is 6.42 Å². The van der Waals surface area contributed by atoms with Gasteiger partial charge >= 0.3 is 0 Å². The molecule has 2 heteroatoms. The van der Waals surface area contributed by atoms with Crippen LogP contribution in [0.4, 0.5) is 0 Å². The van der Waals surface area contributed by atoms with Gasteiger partial charge in [-0.15, -0.1) is 0 Å². The molecule has 120 valence electrons. The Balaban J connectivity index is 1.94. The maximum absolute atomic E-state index is 5.86. The molecule has 1 fully saturated rings. The SMILES string of the molecule is CCCCCCCCCCCCC1(C(C)C)OCCO1. The second-order valence-corrected chi connectivity index (χ2v) is 6.60. The Hall–Kier alpha value is -0.0800. The highest BCUT2D eigenvalue weighted by Crippen LogP contribution is 2.33. The molecule has 1 saturated heterocycles. The van der Waals surface area contributed by atoms with Crippen LogP contribution in [-0.2, 0) is 9.47 Å². The maximum atomic E-state index is 5.86. The highest BCUT2D eigenvalue weighted by molar-refractivity contribution is 4.77. The van der Waals surface area contributed by atoms with Crippen LogP contribution in [0.1, 0.15) is 91.4 Å². The molecule has 1 aliphatic rings. The minimum atomic E-state index is -0.264. The van der Waals surface area contributed by atoms with Gasteiger partial charge in [0.25, 0.3) is 0 Å². The van der Waals surface area contributed by atoms with Gasteiger partial charge < -0.3 is 9.47 Å². The fourth-order valence-electron chi connectivity index (χ4n) is 3.10. The van der Waals surface area contributed by atoms with Gasteiger partial charge in [0.2, 0.25) is 0 Å². The van der Waals surface area contributed by atoms with Crippen molar-refractivity contribution in [1.29, 1.82) is 0 Å². The summed E-state index contributed by atoms with van der Waals surface area (Å²) in [6.07, 6.45) is 14.9. The Kier molecular flexibility index (Phi) is 9.54. The summed E-state index contributed by atoms with van der Waals surface area (Å²) in [5.41, 5.74) is 0. The first-order valence-electron chi connectivity index (χ1n) is 8.99. The van der Waals surface area contributed by atoms with Crippen molar-refractivity contribution in [3.8, 4) is 0 Å². The van der Waals surface area contributed by atoms with E-state index in [1.165, 1.54) is 64.2 Å². The average Bonchev–Trinajstić information content (AvgIpc) is 2.91. The third-order valence-electron chi connectivity index (χ3n) is 4.53. The van der Waals surface area contributed by atoms with E-state index in [-0.39, 0.29) is 5.79 Å². The summed E-state index contributed by atoms with van der Waals surface area (Å²) in [6.45, 7) is 8.25. The summed E-state index contributed by atoms with van der Waals surface area (Å²) in [7, 11) is 0. The van der Waals surface area contributed by atoms with E-state index >= 15 is 0 Å². The molecule has 0 saturated carbocycles. The minimum absolute atomic E-state index is 0.264. The summed E-state index contributed by atoms with van der Waals surface area (Å²) in [5, 5.41) is 0. The number of hydrogen-bond donors (Lipinski definition) is 0. The summed E-state index contributed by atoms with van der Waals surface area (Å²) in [5.74, 6) is 0.198. The van der Waals surface area contributed by atoms with Gasteiger partial charge in [-0.25, -0.2) is 0 Å². The van der Waals surface area contributed by atoms with Gasteiger partial charge in [0.1, 0.15) is 0 Å². The van der Waals surface area contributed by atoms with Crippen LogP contribution in [0.15, 0.2) is 0 Å². The molecule has 1 aliphatic heterocycles. The molecule has 0 radical (unpaired) electrons. The molecule has 0 atom stereocenters. The zero-order valence-electron chi connectivity index (χ0n) is 14.1. The Morgan fingerprint density at radius 3 is 1.65 bits per heavy atom. The minimum Gasteiger partial charge on any atom is -0.347 e. The Morgan fingerprint density at radius 2 is 1.20 bits per heavy atom. The van der Waals surface area contributed by atoms with Crippen LogP contribution in [0.5, 0.6) is 0 Å². The van der Waals surface area contributed by atoms with Crippen molar-refractivity contribution in [2.45, 2.75) is 97.2 Å². The Bertz CT molecular complexity index is 219. The number of rotatable bonds is 12. The fraction of sp³-hybridized carbons (Fsp3) is 1.00. The van der Waals surface area contributed by atoms with E-state index < -0.39 is 0 Å². The van der Waals surface area contributed by atoms with E-state index in [0.29, 0.717) is 5.92 Å². The third kappa shape index (κ3) is 6.58. The van der Waals surface area contributed by atoms with Gasteiger partial charge in [-0.3, -0.25) is 0 Å². The third-order valence-corrected chi connectivity index (χ3v) is 4.53. The lowest BCUT2D eigenvalue weighted by atomic mass is 9.95. The van der Waals surface area contributed by atoms with Crippen LogP contribution in [-0.4, -0.2) is 19.0 Å². The van der Waals surface area contributed by atoms with Crippen LogP contribution < -0.4 is 0 Å². The van der Waals surface area contributed by atoms with E-state index in [2.05, 4.69) is 20.8 Å². The summed E-state index contributed by atoms with van der Waals surface area (Å²) < 4.78 is 11.7. The van der Waals surface area contributed by atoms with Gasteiger partial charge in [0, 0.05) is 12.3 Å². The molecule has 0 spiro atoms. The van der Waals surface area contributed by atoms with Crippen LogP contribution >= 0.6 is 0 Å². The molecule has 0 amide bonds. The lowest BCUT2D eigenvalue weighted by Gasteiger charge is -2.31. The van der Waals surface area contributed by atoms with Crippen LogP contribution in [0.2, 0.25) is 0 Å². The van der Waals surface area contributed by atoms with E-state index in [1.807, 2.05) is 0 Å². The normalized spacial score (nSPS) is 18.0.